The van der Waals surface area contributed by atoms with E-state index >= 15 is 0 Å². The largest absolute Gasteiger partial charge is 0.377 e. The summed E-state index contributed by atoms with van der Waals surface area (Å²) < 4.78 is 17.1. The number of fused-ring (bicyclic) bond motifs is 1. The summed E-state index contributed by atoms with van der Waals surface area (Å²) in [7, 11) is -0.858. The van der Waals surface area contributed by atoms with E-state index in [-0.39, 0.29) is 28.6 Å². The monoisotopic (exact) mass is 316 g/mol. The third kappa shape index (κ3) is 2.66. The Kier molecular flexibility index (Phi) is 4.81. The van der Waals surface area contributed by atoms with E-state index in [0.29, 0.717) is 13.0 Å². The lowest BCUT2D eigenvalue weighted by Crippen LogP contribution is -2.82. The fraction of sp³-hybridized carbons (Fsp3) is 0.933. The van der Waals surface area contributed by atoms with Gasteiger partial charge in [0.05, 0.1) is 6.10 Å². The highest BCUT2D eigenvalue weighted by molar-refractivity contribution is 7.84. The fourth-order valence-corrected chi connectivity index (χ4v) is 4.19. The standard InChI is InChI=1S/C15H28N2O3S/c1-10(21(4)19)7-8-17-13(18)15(16)11-6-5-9-20-12(11)14(15,2)3/h10-12H,5-9,16H2,1-4H3,(H,17,18). The molecule has 2 aliphatic rings. The van der Waals surface area contributed by atoms with Crippen LogP contribution in [0.5, 0.6) is 0 Å². The van der Waals surface area contributed by atoms with Gasteiger partial charge in [0.1, 0.15) is 5.54 Å². The van der Waals surface area contributed by atoms with Crippen LogP contribution in [0.15, 0.2) is 0 Å². The number of carbonyl (C=O) groups is 1. The molecular weight excluding hydrogens is 288 g/mol. The van der Waals surface area contributed by atoms with Gasteiger partial charge < -0.3 is 15.8 Å². The number of hydrogen-bond donors (Lipinski definition) is 2. The molecule has 6 heteroatoms. The smallest absolute Gasteiger partial charge is 0.241 e. The van der Waals surface area contributed by atoms with Crippen LogP contribution in [-0.4, -0.2) is 46.4 Å². The summed E-state index contributed by atoms with van der Waals surface area (Å²) in [5.41, 5.74) is 5.30. The number of carbonyl (C=O) groups excluding carboxylic acids is 1. The second-order valence-corrected chi connectivity index (χ2v) is 8.79. The van der Waals surface area contributed by atoms with Gasteiger partial charge in [-0.05, 0) is 19.3 Å². The van der Waals surface area contributed by atoms with Gasteiger partial charge in [-0.15, -0.1) is 0 Å². The quantitative estimate of drug-likeness (QED) is 0.786. The van der Waals surface area contributed by atoms with Crippen LogP contribution in [0.4, 0.5) is 0 Å². The molecule has 1 saturated carbocycles. The minimum absolute atomic E-state index is 0.0826. The fourth-order valence-electron chi connectivity index (χ4n) is 3.74. The first-order chi connectivity index (χ1) is 9.73. The van der Waals surface area contributed by atoms with Crippen LogP contribution >= 0.6 is 0 Å². The summed E-state index contributed by atoms with van der Waals surface area (Å²) in [6, 6.07) is 0. The second-order valence-electron chi connectivity index (χ2n) is 6.98. The molecule has 1 amide bonds. The summed E-state index contributed by atoms with van der Waals surface area (Å²) in [6.07, 6.45) is 4.40. The summed E-state index contributed by atoms with van der Waals surface area (Å²) in [4.78, 5) is 12.6. The Morgan fingerprint density at radius 2 is 2.19 bits per heavy atom. The van der Waals surface area contributed by atoms with E-state index in [0.717, 1.165) is 19.4 Å². The number of amides is 1. The molecule has 2 rings (SSSR count). The summed E-state index contributed by atoms with van der Waals surface area (Å²) >= 11 is 0. The van der Waals surface area contributed by atoms with E-state index in [1.165, 1.54) is 0 Å². The summed E-state index contributed by atoms with van der Waals surface area (Å²) in [5, 5.41) is 3.03. The van der Waals surface area contributed by atoms with Gasteiger partial charge in [-0.3, -0.25) is 9.00 Å². The number of nitrogens with two attached hydrogens (primary N) is 1. The van der Waals surface area contributed by atoms with Gasteiger partial charge >= 0.3 is 0 Å². The lowest BCUT2D eigenvalue weighted by atomic mass is 9.46. The van der Waals surface area contributed by atoms with E-state index in [2.05, 4.69) is 5.32 Å². The molecule has 5 nitrogen and oxygen atoms in total. The molecule has 0 aromatic heterocycles. The minimum Gasteiger partial charge on any atom is -0.377 e. The Morgan fingerprint density at radius 3 is 2.81 bits per heavy atom. The molecule has 0 radical (unpaired) electrons. The van der Waals surface area contributed by atoms with E-state index in [4.69, 9.17) is 10.5 Å². The Labute approximate surface area is 129 Å². The zero-order valence-corrected chi connectivity index (χ0v) is 14.3. The average Bonchev–Trinajstić information content (AvgIpc) is 2.45. The van der Waals surface area contributed by atoms with Gasteiger partial charge in [-0.25, -0.2) is 0 Å². The predicted octanol–water partition coefficient (Wildman–Crippen LogP) is 0.792. The molecule has 1 aliphatic carbocycles. The number of ether oxygens (including phenoxy) is 1. The molecule has 122 valence electrons. The van der Waals surface area contributed by atoms with Crippen molar-refractivity contribution in [3.05, 3.63) is 0 Å². The molecule has 2 fully saturated rings. The molecule has 0 aromatic rings. The van der Waals surface area contributed by atoms with Gasteiger partial charge in [0.25, 0.3) is 0 Å². The molecule has 0 bridgehead atoms. The highest BCUT2D eigenvalue weighted by Gasteiger charge is 2.70. The van der Waals surface area contributed by atoms with Crippen LogP contribution in [0, 0.1) is 11.3 Å². The van der Waals surface area contributed by atoms with E-state index in [1.54, 1.807) is 6.26 Å². The van der Waals surface area contributed by atoms with Crippen molar-refractivity contribution < 1.29 is 13.7 Å². The van der Waals surface area contributed by atoms with Crippen molar-refractivity contribution in [1.82, 2.24) is 5.32 Å². The lowest BCUT2D eigenvalue weighted by molar-refractivity contribution is -0.225. The second kappa shape index (κ2) is 5.97. The third-order valence-electron chi connectivity index (χ3n) is 5.46. The summed E-state index contributed by atoms with van der Waals surface area (Å²) in [6.45, 7) is 7.25. The molecule has 21 heavy (non-hydrogen) atoms. The molecule has 1 saturated heterocycles. The van der Waals surface area contributed by atoms with Crippen molar-refractivity contribution in [3.8, 4) is 0 Å². The van der Waals surface area contributed by atoms with Crippen molar-refractivity contribution in [2.45, 2.75) is 56.9 Å². The van der Waals surface area contributed by atoms with Crippen LogP contribution in [0.1, 0.15) is 40.0 Å². The Morgan fingerprint density at radius 1 is 1.52 bits per heavy atom. The van der Waals surface area contributed by atoms with Crippen LogP contribution in [0.3, 0.4) is 0 Å². The zero-order valence-electron chi connectivity index (χ0n) is 13.5. The Hall–Kier alpha value is -0.460. The molecule has 0 aromatic carbocycles. The minimum atomic E-state index is -0.858. The van der Waals surface area contributed by atoms with Crippen LogP contribution in [0.2, 0.25) is 0 Å². The third-order valence-corrected chi connectivity index (χ3v) is 6.83. The maximum absolute atomic E-state index is 12.6. The first-order valence-electron chi connectivity index (χ1n) is 7.74. The van der Waals surface area contributed by atoms with Crippen LogP contribution in [-0.2, 0) is 20.3 Å². The number of rotatable bonds is 5. The highest BCUT2D eigenvalue weighted by Crippen LogP contribution is 2.57. The Balaban J connectivity index is 1.96. The first-order valence-corrected chi connectivity index (χ1v) is 9.36. The van der Waals surface area contributed by atoms with Crippen molar-refractivity contribution in [2.75, 3.05) is 19.4 Å². The van der Waals surface area contributed by atoms with Gasteiger partial charge in [-0.1, -0.05) is 20.8 Å². The molecule has 5 atom stereocenters. The van der Waals surface area contributed by atoms with Crippen molar-refractivity contribution in [3.63, 3.8) is 0 Å². The maximum atomic E-state index is 12.6. The molecule has 1 aliphatic heterocycles. The number of nitrogens with one attached hydrogen (secondary N) is 1. The van der Waals surface area contributed by atoms with Gasteiger partial charge in [0, 0.05) is 46.8 Å². The van der Waals surface area contributed by atoms with Gasteiger partial charge in [0.2, 0.25) is 5.91 Å². The van der Waals surface area contributed by atoms with Crippen molar-refractivity contribution in [1.29, 1.82) is 0 Å². The number of hydrogen-bond acceptors (Lipinski definition) is 4. The lowest BCUT2D eigenvalue weighted by Gasteiger charge is -2.65. The van der Waals surface area contributed by atoms with E-state index in [1.807, 2.05) is 20.8 Å². The molecule has 3 N–H and O–H groups in total. The molecule has 5 unspecified atom stereocenters. The zero-order chi connectivity index (χ0) is 15.8. The summed E-state index contributed by atoms with van der Waals surface area (Å²) in [5.74, 6) is 0.0207. The SMILES string of the molecule is CC(CCNC(=O)C1(N)C2CCCOC2C1(C)C)S(C)=O. The molecule has 1 heterocycles. The van der Waals surface area contributed by atoms with E-state index < -0.39 is 16.3 Å². The van der Waals surface area contributed by atoms with Crippen LogP contribution < -0.4 is 11.1 Å². The maximum Gasteiger partial charge on any atom is 0.241 e. The highest BCUT2D eigenvalue weighted by atomic mass is 32.2. The Bertz CT molecular complexity index is 441. The van der Waals surface area contributed by atoms with Crippen molar-refractivity contribution >= 4 is 16.7 Å². The molecule has 0 spiro atoms. The normalized spacial score (nSPS) is 37.0. The average molecular weight is 316 g/mol. The van der Waals surface area contributed by atoms with Gasteiger partial charge in [-0.2, -0.15) is 0 Å². The van der Waals surface area contributed by atoms with Crippen molar-refractivity contribution in [2.24, 2.45) is 17.1 Å². The first kappa shape index (κ1) is 16.9. The van der Waals surface area contributed by atoms with E-state index in [9.17, 15) is 9.00 Å². The molecular formula is C15H28N2O3S. The van der Waals surface area contributed by atoms with Crippen LogP contribution in [0.25, 0.3) is 0 Å². The predicted molar refractivity (Wildman–Crippen MR) is 84.3 cm³/mol. The van der Waals surface area contributed by atoms with Gasteiger partial charge in [0.15, 0.2) is 0 Å². The topological polar surface area (TPSA) is 81.4 Å².